The van der Waals surface area contributed by atoms with Crippen molar-refractivity contribution < 1.29 is 4.39 Å². The van der Waals surface area contributed by atoms with Crippen LogP contribution in [0.2, 0.25) is 0 Å². The first-order chi connectivity index (χ1) is 7.69. The highest BCUT2D eigenvalue weighted by Crippen LogP contribution is 2.19. The molecular weight excluding hydrogens is 203 g/mol. The monoisotopic (exact) mass is 220 g/mol. The average Bonchev–Trinajstić information content (AvgIpc) is 2.29. The van der Waals surface area contributed by atoms with Gasteiger partial charge >= 0.3 is 0 Å². The highest BCUT2D eigenvalue weighted by Gasteiger charge is 2.09. The topological polar surface area (TPSA) is 38.0 Å². The first-order valence-corrected chi connectivity index (χ1v) is 5.30. The number of hydrogen-bond donors (Lipinski definition) is 2. The molecule has 3 N–H and O–H groups in total. The standard InChI is InChI=1S/C13H17FN2/c1-3-4-5-6-13(16-15)11-7-8-12(14)10(2)9-11/h7-9,13,16H,5-6,15H2,1-2H3. The Morgan fingerprint density at radius 1 is 1.50 bits per heavy atom. The highest BCUT2D eigenvalue weighted by atomic mass is 19.1. The number of benzene rings is 1. The first-order valence-electron chi connectivity index (χ1n) is 5.30. The van der Waals surface area contributed by atoms with E-state index >= 15 is 0 Å². The van der Waals surface area contributed by atoms with E-state index in [4.69, 9.17) is 5.84 Å². The summed E-state index contributed by atoms with van der Waals surface area (Å²) in [7, 11) is 0. The van der Waals surface area contributed by atoms with Crippen LogP contribution in [0.4, 0.5) is 4.39 Å². The predicted octanol–water partition coefficient (Wildman–Crippen LogP) is 2.44. The second-order valence-corrected chi connectivity index (χ2v) is 3.69. The van der Waals surface area contributed by atoms with Crippen molar-refractivity contribution in [1.82, 2.24) is 5.43 Å². The molecule has 0 radical (unpaired) electrons. The maximum absolute atomic E-state index is 13.1. The van der Waals surface area contributed by atoms with Crippen molar-refractivity contribution in [2.24, 2.45) is 5.84 Å². The number of hydrogen-bond acceptors (Lipinski definition) is 2. The molecule has 0 aromatic heterocycles. The van der Waals surface area contributed by atoms with E-state index in [9.17, 15) is 4.39 Å². The third kappa shape index (κ3) is 3.34. The summed E-state index contributed by atoms with van der Waals surface area (Å²) < 4.78 is 13.1. The van der Waals surface area contributed by atoms with Crippen molar-refractivity contribution in [3.05, 3.63) is 35.1 Å². The van der Waals surface area contributed by atoms with E-state index < -0.39 is 0 Å². The number of nitrogens with two attached hydrogens (primary N) is 1. The van der Waals surface area contributed by atoms with Crippen LogP contribution in [0.5, 0.6) is 0 Å². The van der Waals surface area contributed by atoms with Gasteiger partial charge in [-0.3, -0.25) is 11.3 Å². The number of nitrogens with one attached hydrogen (secondary N) is 1. The fourth-order valence-corrected chi connectivity index (χ4v) is 1.57. The van der Waals surface area contributed by atoms with E-state index in [0.717, 1.165) is 18.4 Å². The minimum Gasteiger partial charge on any atom is -0.271 e. The van der Waals surface area contributed by atoms with E-state index in [1.54, 1.807) is 13.0 Å². The highest BCUT2D eigenvalue weighted by molar-refractivity contribution is 5.26. The van der Waals surface area contributed by atoms with E-state index in [0.29, 0.717) is 5.56 Å². The molecule has 0 fully saturated rings. The fraction of sp³-hybridized carbons (Fsp3) is 0.385. The van der Waals surface area contributed by atoms with Crippen LogP contribution in [-0.2, 0) is 0 Å². The molecule has 0 amide bonds. The van der Waals surface area contributed by atoms with Crippen LogP contribution in [-0.4, -0.2) is 0 Å². The molecule has 0 aliphatic carbocycles. The van der Waals surface area contributed by atoms with E-state index in [2.05, 4.69) is 17.3 Å². The molecule has 0 saturated heterocycles. The van der Waals surface area contributed by atoms with Gasteiger partial charge in [-0.15, -0.1) is 11.8 Å². The molecule has 86 valence electrons. The Morgan fingerprint density at radius 3 is 2.81 bits per heavy atom. The maximum Gasteiger partial charge on any atom is 0.126 e. The molecule has 1 atom stereocenters. The van der Waals surface area contributed by atoms with Crippen LogP contribution >= 0.6 is 0 Å². The van der Waals surface area contributed by atoms with Gasteiger partial charge in [0, 0.05) is 12.5 Å². The van der Waals surface area contributed by atoms with Crippen molar-refractivity contribution in [2.45, 2.75) is 32.7 Å². The lowest BCUT2D eigenvalue weighted by molar-refractivity contribution is 0.521. The third-order valence-corrected chi connectivity index (χ3v) is 2.52. The molecule has 0 aliphatic rings. The van der Waals surface area contributed by atoms with Crippen LogP contribution in [0.3, 0.4) is 0 Å². The summed E-state index contributed by atoms with van der Waals surface area (Å²) in [5.41, 5.74) is 4.37. The SMILES string of the molecule is CC#CCCC(NN)c1ccc(F)c(C)c1. The Labute approximate surface area is 96.0 Å². The van der Waals surface area contributed by atoms with Gasteiger partial charge in [0.2, 0.25) is 0 Å². The van der Waals surface area contributed by atoms with Crippen LogP contribution < -0.4 is 11.3 Å². The van der Waals surface area contributed by atoms with Gasteiger partial charge in [0.15, 0.2) is 0 Å². The van der Waals surface area contributed by atoms with Crippen molar-refractivity contribution in [3.8, 4) is 11.8 Å². The number of halogens is 1. The molecule has 1 aromatic carbocycles. The normalized spacial score (nSPS) is 11.8. The van der Waals surface area contributed by atoms with E-state index in [-0.39, 0.29) is 11.9 Å². The predicted molar refractivity (Wildman–Crippen MR) is 63.9 cm³/mol. The molecule has 3 heteroatoms. The zero-order chi connectivity index (χ0) is 12.0. The molecule has 0 heterocycles. The zero-order valence-corrected chi connectivity index (χ0v) is 9.68. The first kappa shape index (κ1) is 12.7. The van der Waals surface area contributed by atoms with Gasteiger partial charge in [0.05, 0.1) is 0 Å². The van der Waals surface area contributed by atoms with Gasteiger partial charge in [-0.05, 0) is 37.5 Å². The van der Waals surface area contributed by atoms with Gasteiger partial charge in [-0.1, -0.05) is 12.1 Å². The Balaban J connectivity index is 2.77. The summed E-state index contributed by atoms with van der Waals surface area (Å²) in [6.45, 7) is 3.56. The summed E-state index contributed by atoms with van der Waals surface area (Å²) in [5.74, 6) is 11.1. The van der Waals surface area contributed by atoms with Gasteiger partial charge < -0.3 is 0 Å². The summed E-state index contributed by atoms with van der Waals surface area (Å²) in [5, 5.41) is 0. The second-order valence-electron chi connectivity index (χ2n) is 3.69. The quantitative estimate of drug-likeness (QED) is 0.464. The molecule has 1 aromatic rings. The molecule has 0 saturated carbocycles. The molecule has 16 heavy (non-hydrogen) atoms. The van der Waals surface area contributed by atoms with Crippen molar-refractivity contribution in [3.63, 3.8) is 0 Å². The zero-order valence-electron chi connectivity index (χ0n) is 9.68. The Hall–Kier alpha value is -1.37. The minimum absolute atomic E-state index is 0.0279. The summed E-state index contributed by atoms with van der Waals surface area (Å²) >= 11 is 0. The Kier molecular flexibility index (Phi) is 4.97. The van der Waals surface area contributed by atoms with Crippen LogP contribution in [0.25, 0.3) is 0 Å². The lowest BCUT2D eigenvalue weighted by atomic mass is 10.0. The molecule has 0 spiro atoms. The van der Waals surface area contributed by atoms with E-state index in [1.165, 1.54) is 6.07 Å². The van der Waals surface area contributed by atoms with Crippen LogP contribution in [0.1, 0.15) is 36.9 Å². The van der Waals surface area contributed by atoms with Gasteiger partial charge in [0.1, 0.15) is 5.82 Å². The summed E-state index contributed by atoms with van der Waals surface area (Å²) in [6, 6.07) is 5.08. The van der Waals surface area contributed by atoms with Crippen molar-refractivity contribution >= 4 is 0 Å². The molecular formula is C13H17FN2. The molecule has 1 rings (SSSR count). The number of hydrazine groups is 1. The van der Waals surface area contributed by atoms with Gasteiger partial charge in [-0.25, -0.2) is 4.39 Å². The molecule has 2 nitrogen and oxygen atoms in total. The smallest absolute Gasteiger partial charge is 0.126 e. The van der Waals surface area contributed by atoms with E-state index in [1.807, 2.05) is 13.0 Å². The average molecular weight is 220 g/mol. The minimum atomic E-state index is -0.187. The molecule has 0 aliphatic heterocycles. The summed E-state index contributed by atoms with van der Waals surface area (Å²) in [6.07, 6.45) is 1.60. The number of aryl methyl sites for hydroxylation is 1. The van der Waals surface area contributed by atoms with Gasteiger partial charge in [-0.2, -0.15) is 0 Å². The third-order valence-electron chi connectivity index (χ3n) is 2.52. The lowest BCUT2D eigenvalue weighted by Gasteiger charge is -2.15. The largest absolute Gasteiger partial charge is 0.271 e. The van der Waals surface area contributed by atoms with Crippen molar-refractivity contribution in [1.29, 1.82) is 0 Å². The second kappa shape index (κ2) is 6.26. The Bertz CT molecular complexity index is 404. The van der Waals surface area contributed by atoms with Gasteiger partial charge in [0.25, 0.3) is 0 Å². The number of rotatable bonds is 4. The lowest BCUT2D eigenvalue weighted by Crippen LogP contribution is -2.28. The molecule has 1 unspecified atom stereocenters. The fourth-order valence-electron chi connectivity index (χ4n) is 1.57. The maximum atomic E-state index is 13.1. The Morgan fingerprint density at radius 2 is 2.25 bits per heavy atom. The van der Waals surface area contributed by atoms with Crippen molar-refractivity contribution in [2.75, 3.05) is 0 Å². The molecule has 0 bridgehead atoms. The summed E-state index contributed by atoms with van der Waals surface area (Å²) in [4.78, 5) is 0. The van der Waals surface area contributed by atoms with Crippen LogP contribution in [0, 0.1) is 24.6 Å². The van der Waals surface area contributed by atoms with Crippen LogP contribution in [0.15, 0.2) is 18.2 Å².